The Labute approximate surface area is 212 Å². The van der Waals surface area contributed by atoms with Crippen LogP contribution in [0.15, 0.2) is 59.6 Å². The number of methoxy groups -OCH3 is 1. The summed E-state index contributed by atoms with van der Waals surface area (Å²) in [5, 5.41) is 4.89. The molecule has 0 bridgehead atoms. The molecular formula is C26H25ClFN5OS. The Balaban J connectivity index is 1.38. The van der Waals surface area contributed by atoms with E-state index in [0.717, 1.165) is 34.2 Å². The van der Waals surface area contributed by atoms with Crippen LogP contribution < -0.4 is 14.8 Å². The van der Waals surface area contributed by atoms with E-state index < -0.39 is 5.82 Å². The minimum absolute atomic E-state index is 0.0677. The Bertz CT molecular complexity index is 1350. The molecule has 2 N–H and O–H groups in total. The van der Waals surface area contributed by atoms with E-state index in [9.17, 15) is 4.39 Å². The zero-order valence-electron chi connectivity index (χ0n) is 19.2. The second-order valence-electron chi connectivity index (χ2n) is 8.46. The predicted molar refractivity (Wildman–Crippen MR) is 141 cm³/mol. The van der Waals surface area contributed by atoms with Crippen molar-refractivity contribution < 1.29 is 9.13 Å². The zero-order chi connectivity index (χ0) is 24.2. The van der Waals surface area contributed by atoms with E-state index in [0.29, 0.717) is 28.5 Å². The molecule has 0 amide bonds. The van der Waals surface area contributed by atoms with Gasteiger partial charge in [0.1, 0.15) is 0 Å². The third kappa shape index (κ3) is 5.44. The van der Waals surface area contributed by atoms with Crippen LogP contribution in [0.5, 0.6) is 5.88 Å². The van der Waals surface area contributed by atoms with Crippen LogP contribution in [0.4, 0.5) is 16.2 Å². The van der Waals surface area contributed by atoms with Gasteiger partial charge in [0.15, 0.2) is 11.6 Å². The van der Waals surface area contributed by atoms with Gasteiger partial charge in [-0.15, -0.1) is 0 Å². The number of aromatic nitrogens is 3. The number of halogens is 2. The number of hydrogen-bond acceptors (Lipinski definition) is 7. The predicted octanol–water partition coefficient (Wildman–Crippen LogP) is 7.36. The fourth-order valence-corrected chi connectivity index (χ4v) is 5.15. The Hall–Kier alpha value is -3.10. The number of nitrogens with zero attached hydrogens (tertiary/aromatic N) is 3. The number of nitrogens with one attached hydrogen (secondary N) is 2. The molecule has 0 radical (unpaired) electrons. The molecule has 4 aromatic rings. The van der Waals surface area contributed by atoms with Gasteiger partial charge >= 0.3 is 0 Å². The van der Waals surface area contributed by atoms with Crippen LogP contribution in [0.2, 0.25) is 5.02 Å². The number of pyridine rings is 1. The summed E-state index contributed by atoms with van der Waals surface area (Å²) in [7, 11) is 1.52. The molecule has 0 unspecified atom stereocenters. The van der Waals surface area contributed by atoms with Gasteiger partial charge in [0, 0.05) is 28.1 Å². The Kier molecular flexibility index (Phi) is 7.20. The van der Waals surface area contributed by atoms with E-state index in [-0.39, 0.29) is 5.82 Å². The van der Waals surface area contributed by atoms with E-state index in [4.69, 9.17) is 16.3 Å². The van der Waals surface area contributed by atoms with Crippen molar-refractivity contribution >= 4 is 46.2 Å². The van der Waals surface area contributed by atoms with Gasteiger partial charge in [-0.2, -0.15) is 4.98 Å². The van der Waals surface area contributed by atoms with Crippen molar-refractivity contribution in [1.29, 1.82) is 0 Å². The van der Waals surface area contributed by atoms with E-state index in [1.807, 2.05) is 36.4 Å². The van der Waals surface area contributed by atoms with Crippen molar-refractivity contribution in [3.8, 4) is 17.0 Å². The number of rotatable bonds is 7. The van der Waals surface area contributed by atoms with E-state index in [2.05, 4.69) is 25.0 Å². The third-order valence-corrected chi connectivity index (χ3v) is 7.37. The molecule has 1 saturated carbocycles. The lowest BCUT2D eigenvalue weighted by atomic mass is 9.96. The number of anilines is 2. The maximum atomic E-state index is 15.0. The summed E-state index contributed by atoms with van der Waals surface area (Å²) < 4.78 is 23.4. The summed E-state index contributed by atoms with van der Waals surface area (Å²) in [5.74, 6) is 0.528. The van der Waals surface area contributed by atoms with Crippen molar-refractivity contribution in [3.05, 3.63) is 65.6 Å². The van der Waals surface area contributed by atoms with Gasteiger partial charge in [0.2, 0.25) is 11.8 Å². The van der Waals surface area contributed by atoms with Crippen molar-refractivity contribution in [2.45, 2.75) is 43.0 Å². The minimum Gasteiger partial charge on any atom is -0.480 e. The second-order valence-corrected chi connectivity index (χ2v) is 9.71. The highest BCUT2D eigenvalue weighted by atomic mass is 35.5. The number of fused-ring (bicyclic) bond motifs is 1. The van der Waals surface area contributed by atoms with Crippen molar-refractivity contribution in [2.75, 3.05) is 17.1 Å². The maximum absolute atomic E-state index is 15.0. The van der Waals surface area contributed by atoms with Crippen LogP contribution in [0.1, 0.15) is 32.1 Å². The van der Waals surface area contributed by atoms with Crippen LogP contribution in [0.25, 0.3) is 22.0 Å². The third-order valence-electron chi connectivity index (χ3n) is 6.06. The van der Waals surface area contributed by atoms with Gasteiger partial charge < -0.3 is 14.8 Å². The molecule has 2 heterocycles. The molecule has 2 aromatic heterocycles. The lowest BCUT2D eigenvalue weighted by Gasteiger charge is -2.22. The van der Waals surface area contributed by atoms with Crippen LogP contribution >= 0.6 is 23.5 Å². The normalized spacial score (nSPS) is 14.1. The van der Waals surface area contributed by atoms with Gasteiger partial charge in [-0.1, -0.05) is 49.1 Å². The molecule has 180 valence electrons. The van der Waals surface area contributed by atoms with E-state index in [1.165, 1.54) is 44.4 Å². The molecule has 9 heteroatoms. The quantitative estimate of drug-likeness (QED) is 0.252. The van der Waals surface area contributed by atoms with Crippen LogP contribution in [-0.4, -0.2) is 28.1 Å². The Morgan fingerprint density at radius 2 is 1.89 bits per heavy atom. The lowest BCUT2D eigenvalue weighted by molar-refractivity contribution is 0.399. The fourth-order valence-electron chi connectivity index (χ4n) is 4.24. The molecule has 1 fully saturated rings. The first-order valence-electron chi connectivity index (χ1n) is 11.6. The highest BCUT2D eigenvalue weighted by molar-refractivity contribution is 8.00. The van der Waals surface area contributed by atoms with Crippen molar-refractivity contribution in [1.82, 2.24) is 15.0 Å². The summed E-state index contributed by atoms with van der Waals surface area (Å²) >= 11 is 7.37. The van der Waals surface area contributed by atoms with E-state index >= 15 is 0 Å². The first kappa shape index (κ1) is 23.6. The second kappa shape index (κ2) is 10.7. The molecule has 6 nitrogen and oxygen atoms in total. The monoisotopic (exact) mass is 509 g/mol. The Morgan fingerprint density at radius 1 is 1.06 bits per heavy atom. The van der Waals surface area contributed by atoms with Gasteiger partial charge in [0.05, 0.1) is 17.6 Å². The zero-order valence-corrected chi connectivity index (χ0v) is 20.8. The number of benzene rings is 2. The van der Waals surface area contributed by atoms with Gasteiger partial charge in [-0.25, -0.2) is 14.4 Å². The first-order valence-corrected chi connectivity index (χ1v) is 12.8. The standard InChI is InChI=1S/C26H25ClFN5OS/c1-34-25-19(14-21(28)24(32-25)33-35-23-10-6-5-9-20(23)27)16-11-12-22-17(13-16)15-29-26(31-22)30-18-7-3-2-4-8-18/h5-6,9-15,18H,2-4,7-8H2,1H3,(H,32,33)(H,29,30,31). The molecule has 35 heavy (non-hydrogen) atoms. The Morgan fingerprint density at radius 3 is 2.69 bits per heavy atom. The van der Waals surface area contributed by atoms with Crippen LogP contribution in [0.3, 0.4) is 0 Å². The molecule has 2 aromatic carbocycles. The highest BCUT2D eigenvalue weighted by Gasteiger charge is 2.17. The summed E-state index contributed by atoms with van der Waals surface area (Å²) in [6, 6.07) is 14.9. The average molecular weight is 510 g/mol. The van der Waals surface area contributed by atoms with Gasteiger partial charge in [-0.3, -0.25) is 0 Å². The first-order chi connectivity index (χ1) is 17.1. The highest BCUT2D eigenvalue weighted by Crippen LogP contribution is 2.35. The molecule has 1 aliphatic carbocycles. The van der Waals surface area contributed by atoms with Crippen molar-refractivity contribution in [3.63, 3.8) is 0 Å². The average Bonchev–Trinajstić information content (AvgIpc) is 2.89. The maximum Gasteiger partial charge on any atom is 0.223 e. The van der Waals surface area contributed by atoms with Gasteiger partial charge in [-0.05, 0) is 60.7 Å². The summed E-state index contributed by atoms with van der Waals surface area (Å²) in [4.78, 5) is 14.3. The smallest absolute Gasteiger partial charge is 0.223 e. The number of ether oxygens (including phenoxy) is 1. The summed E-state index contributed by atoms with van der Waals surface area (Å²) in [6.07, 6.45) is 7.89. The molecule has 5 rings (SSSR count). The minimum atomic E-state index is -0.497. The summed E-state index contributed by atoms with van der Waals surface area (Å²) in [5.41, 5.74) is 2.14. The molecular weight excluding hydrogens is 485 g/mol. The SMILES string of the molecule is COc1nc(NSc2ccccc2Cl)c(F)cc1-c1ccc2nc(NC3CCCCC3)ncc2c1. The molecule has 0 saturated heterocycles. The lowest BCUT2D eigenvalue weighted by Crippen LogP contribution is -2.23. The molecule has 0 aliphatic heterocycles. The topological polar surface area (TPSA) is 72.0 Å². The molecule has 0 spiro atoms. The van der Waals surface area contributed by atoms with Crippen LogP contribution in [-0.2, 0) is 0 Å². The fraction of sp³-hybridized carbons (Fsp3) is 0.269. The van der Waals surface area contributed by atoms with Crippen molar-refractivity contribution in [2.24, 2.45) is 0 Å². The molecule has 0 atom stereocenters. The van der Waals surface area contributed by atoms with Gasteiger partial charge in [0.25, 0.3) is 0 Å². The molecule has 1 aliphatic rings. The largest absolute Gasteiger partial charge is 0.480 e. The number of hydrogen-bond donors (Lipinski definition) is 2. The van der Waals surface area contributed by atoms with E-state index in [1.54, 1.807) is 12.3 Å². The summed E-state index contributed by atoms with van der Waals surface area (Å²) in [6.45, 7) is 0. The van der Waals surface area contributed by atoms with Crippen LogP contribution in [0, 0.1) is 5.82 Å².